The molecule has 0 saturated heterocycles. The molecule has 0 radical (unpaired) electrons. The Balaban J connectivity index is 0.000000181. The van der Waals surface area contributed by atoms with Gasteiger partial charge in [-0.2, -0.15) is 0 Å². The second-order valence-electron chi connectivity index (χ2n) is 23.1. The predicted octanol–water partition coefficient (Wildman–Crippen LogP) is 2.68. The molecular formula is C61H72B5N9O28. The van der Waals surface area contributed by atoms with Gasteiger partial charge in [-0.3, -0.25) is 14.3 Å². The van der Waals surface area contributed by atoms with Gasteiger partial charge < -0.3 is 119 Å². The summed E-state index contributed by atoms with van der Waals surface area (Å²) in [7, 11) is 1.26. The zero-order chi connectivity index (χ0) is 75.5. The molecule has 6 aromatic rings. The molecule has 544 valence electrons. The van der Waals surface area contributed by atoms with Gasteiger partial charge in [0.15, 0.2) is 0 Å². The summed E-state index contributed by atoms with van der Waals surface area (Å²) in [6, 6.07) is 16.2. The lowest BCUT2D eigenvalue weighted by atomic mass is 9.71. The van der Waals surface area contributed by atoms with E-state index in [0.717, 1.165) is 0 Å². The lowest BCUT2D eigenvalue weighted by molar-refractivity contribution is -0.119. The van der Waals surface area contributed by atoms with Crippen LogP contribution < -0.4 is 63.3 Å². The molecule has 5 atom stereocenters. The number of nitrogens with two attached hydrogens (primary N) is 1. The molecule has 11 rings (SSSR count). The third-order valence-corrected chi connectivity index (χ3v) is 16.7. The van der Waals surface area contributed by atoms with Gasteiger partial charge in [0.2, 0.25) is 12.3 Å². The Hall–Kier alpha value is -11.1. The van der Waals surface area contributed by atoms with E-state index in [1.807, 2.05) is 0 Å². The number of ether oxygens (including phenoxy) is 5. The Morgan fingerprint density at radius 3 is 1.16 bits per heavy atom. The number of carbonyl (C=O) groups excluding carboxylic acids is 2. The van der Waals surface area contributed by atoms with Crippen molar-refractivity contribution in [3.63, 3.8) is 0 Å². The summed E-state index contributed by atoms with van der Waals surface area (Å²) in [6.45, 7) is 2.58. The highest BCUT2D eigenvalue weighted by molar-refractivity contribution is 6.46. The first-order valence-corrected chi connectivity index (χ1v) is 31.3. The number of hydrogen-bond donors (Lipinski definition) is 14. The van der Waals surface area contributed by atoms with Gasteiger partial charge in [-0.05, 0) is 82.1 Å². The van der Waals surface area contributed by atoms with E-state index in [-0.39, 0.29) is 159 Å². The topological polar surface area (TPSA) is 564 Å². The van der Waals surface area contributed by atoms with Crippen molar-refractivity contribution in [1.82, 2.24) is 25.6 Å². The second-order valence-corrected chi connectivity index (χ2v) is 23.1. The number of aromatic nitrogens is 3. The van der Waals surface area contributed by atoms with Crippen molar-refractivity contribution in [3.8, 4) is 57.5 Å². The van der Waals surface area contributed by atoms with Gasteiger partial charge in [0.05, 0.1) is 48.4 Å². The fourth-order valence-corrected chi connectivity index (χ4v) is 12.1. The summed E-state index contributed by atoms with van der Waals surface area (Å²) < 4.78 is 53.1. The molecule has 15 N–H and O–H groups in total. The molecule has 5 aliphatic heterocycles. The SMILES string of the molecule is COc1ccc2c(c1C(=O)O)OB(O)CC2CN.COc1ccc2c(c1C(=O)O)OB(O)CC2CN=[N+]=[N-].COc1ccc2c(c1C(=O)O)OB(O)CC2CNC(C)=O.COc1ccc2c(c1C(=O)O)OB(O)CC2CNC=O.COc1ccc2c(c1C(=O)O)OB(O)CC2Cn1cc(CO)nn1. The van der Waals surface area contributed by atoms with Crippen LogP contribution in [-0.4, -0.2) is 210 Å². The summed E-state index contributed by atoms with van der Waals surface area (Å²) >= 11 is 0. The number of azide groups is 1. The number of carboxylic acid groups (broad SMARTS) is 5. The van der Waals surface area contributed by atoms with Crippen LogP contribution >= 0.6 is 0 Å². The number of aromatic carboxylic acids is 5. The van der Waals surface area contributed by atoms with E-state index < -0.39 is 65.4 Å². The van der Waals surface area contributed by atoms with Crippen molar-refractivity contribution in [3.05, 3.63) is 139 Å². The van der Waals surface area contributed by atoms with Crippen molar-refractivity contribution < 1.29 is 136 Å². The van der Waals surface area contributed by atoms with Crippen molar-refractivity contribution in [1.29, 1.82) is 0 Å². The van der Waals surface area contributed by atoms with E-state index >= 15 is 0 Å². The molecule has 1 aromatic heterocycles. The molecule has 37 nitrogen and oxygen atoms in total. The molecule has 0 bridgehead atoms. The van der Waals surface area contributed by atoms with Crippen molar-refractivity contribution in [2.75, 3.05) is 61.7 Å². The van der Waals surface area contributed by atoms with Crippen LogP contribution in [0.3, 0.4) is 0 Å². The lowest BCUT2D eigenvalue weighted by Gasteiger charge is -2.29. The molecule has 2 amide bonds. The molecular weight excluding hydrogens is 1360 g/mol. The van der Waals surface area contributed by atoms with Crippen molar-refractivity contribution >= 4 is 77.8 Å². The van der Waals surface area contributed by atoms with Gasteiger partial charge in [-0.25, -0.2) is 24.0 Å². The zero-order valence-corrected chi connectivity index (χ0v) is 56.1. The van der Waals surface area contributed by atoms with Crippen LogP contribution in [0.25, 0.3) is 10.4 Å². The number of nitrogens with one attached hydrogen (secondary N) is 2. The monoisotopic (exact) mass is 1430 g/mol. The van der Waals surface area contributed by atoms with Gasteiger partial charge in [0, 0.05) is 87.4 Å². The summed E-state index contributed by atoms with van der Waals surface area (Å²) in [5.41, 5.74) is 17.1. The number of amides is 2. The highest BCUT2D eigenvalue weighted by Gasteiger charge is 2.41. The maximum Gasteiger partial charge on any atom is 0.523 e. The summed E-state index contributed by atoms with van der Waals surface area (Å²) in [5.74, 6) is -5.90. The number of nitrogens with zero attached hydrogens (tertiary/aromatic N) is 6. The van der Waals surface area contributed by atoms with Crippen molar-refractivity contribution in [2.45, 2.75) is 81.3 Å². The first-order chi connectivity index (χ1) is 49.2. The normalized spacial score (nSPS) is 16.9. The zero-order valence-electron chi connectivity index (χ0n) is 56.1. The quantitative estimate of drug-likeness (QED) is 0.0162. The first-order valence-electron chi connectivity index (χ1n) is 31.3. The molecule has 5 aliphatic rings. The fraction of sp³-hybridized carbons (Fsp3) is 0.361. The number of carboxylic acids is 5. The number of benzene rings is 5. The molecule has 6 heterocycles. The molecule has 42 heteroatoms. The van der Waals surface area contributed by atoms with Gasteiger partial charge in [-0.15, -0.1) is 5.10 Å². The van der Waals surface area contributed by atoms with E-state index in [4.69, 9.17) is 63.3 Å². The average molecular weight is 1430 g/mol. The van der Waals surface area contributed by atoms with Crippen molar-refractivity contribution in [2.24, 2.45) is 10.8 Å². The molecule has 103 heavy (non-hydrogen) atoms. The molecule has 0 spiro atoms. The standard InChI is InChI=1S/C14H16BN3O6.C13H16BNO6.C12H14BNO6.C11H12BN3O5.C11H14BNO5/c1-23-11-3-2-10-8(5-18-6-9(7-19)16-17-18)4-15(22)24-13(10)12(11)14(20)21;1-7(16)15-6-8-5-14(19)21-12-9(8)3-4-10(20-2)11(12)13(17)18;1-19-9-3-2-8-7(5-14-6-15)4-13(18)20-11(8)10(9)12(16)17;1-19-8-3-2-7-6(5-14-15-13)4-12(18)20-10(7)9(8)11(16)17;1-17-8-3-2-7-6(5-13)4-12(16)18-10(7)9(8)11(14)15/h2-3,6,8,19,22H,4-5,7H2,1H3,(H,20,21);3-4,8,19H,5-6H2,1-2H3,(H,15,16)(H,17,18);2-3,6-7,18H,4-5H2,1H3,(H,14,15)(H,16,17);2-3,6,18H,4-5H2,1H3,(H,16,17);2-3,6,16H,4-5,13H2,1H3,(H,14,15). The molecule has 0 fully saturated rings. The largest absolute Gasteiger partial charge is 0.535 e. The average Bonchev–Trinajstić information content (AvgIpc) is 1.23. The Morgan fingerprint density at radius 1 is 0.544 bits per heavy atom. The molecule has 5 unspecified atom stereocenters. The summed E-state index contributed by atoms with van der Waals surface area (Å²) in [6.07, 6.45) is 3.59. The number of carbonyl (C=O) groups is 7. The lowest BCUT2D eigenvalue weighted by Crippen LogP contribution is -2.35. The Labute approximate surface area is 587 Å². The Kier molecular flexibility index (Phi) is 28.1. The van der Waals surface area contributed by atoms with Crippen LogP contribution in [-0.2, 0) is 22.7 Å². The second kappa shape index (κ2) is 36.5. The fourth-order valence-electron chi connectivity index (χ4n) is 12.1. The van der Waals surface area contributed by atoms with Crippen LogP contribution in [0.4, 0.5) is 0 Å². The van der Waals surface area contributed by atoms with Crippen LogP contribution in [0.5, 0.6) is 57.5 Å². The maximum atomic E-state index is 11.6. The number of hydrogen-bond acceptors (Lipinski definition) is 27. The molecule has 0 aliphatic carbocycles. The van der Waals surface area contributed by atoms with E-state index in [2.05, 4.69) is 31.0 Å². The van der Waals surface area contributed by atoms with Crippen LogP contribution in [0, 0.1) is 0 Å². The van der Waals surface area contributed by atoms with Gasteiger partial charge >= 0.3 is 65.4 Å². The van der Waals surface area contributed by atoms with E-state index in [9.17, 15) is 84.2 Å². The number of aliphatic hydroxyl groups excluding tert-OH is 1. The minimum atomic E-state index is -1.21. The number of aliphatic hydroxyl groups is 1. The van der Waals surface area contributed by atoms with Crippen LogP contribution in [0.15, 0.2) is 72.0 Å². The third kappa shape index (κ3) is 19.1. The van der Waals surface area contributed by atoms with E-state index in [1.54, 1.807) is 59.4 Å². The number of rotatable bonds is 21. The highest BCUT2D eigenvalue weighted by atomic mass is 16.6. The number of methoxy groups -OCH3 is 5. The Bertz CT molecular complexity index is 4140. The van der Waals surface area contributed by atoms with Gasteiger partial charge in [0.25, 0.3) is 0 Å². The summed E-state index contributed by atoms with van der Waals surface area (Å²) in [5, 5.41) is 121. The highest BCUT2D eigenvalue weighted by Crippen LogP contribution is 2.47. The van der Waals surface area contributed by atoms with Crippen LogP contribution in [0.1, 0.15) is 122 Å². The maximum absolute atomic E-state index is 11.6. The minimum Gasteiger partial charge on any atom is -0.535 e. The Morgan fingerprint density at radius 2 is 0.854 bits per heavy atom. The van der Waals surface area contributed by atoms with E-state index in [1.165, 1.54) is 54.6 Å². The van der Waals surface area contributed by atoms with Crippen LogP contribution in [0.2, 0.25) is 31.6 Å². The molecule has 5 aromatic carbocycles. The third-order valence-electron chi connectivity index (χ3n) is 16.7. The van der Waals surface area contributed by atoms with E-state index in [0.29, 0.717) is 72.4 Å². The van der Waals surface area contributed by atoms with Gasteiger partial charge in [0.1, 0.15) is 91.0 Å². The number of fused-ring (bicyclic) bond motifs is 5. The summed E-state index contributed by atoms with van der Waals surface area (Å²) in [4.78, 5) is 81.1. The van der Waals surface area contributed by atoms with Gasteiger partial charge in [-0.1, -0.05) is 40.7 Å². The predicted molar refractivity (Wildman–Crippen MR) is 362 cm³/mol. The first kappa shape index (κ1) is 79.2. The minimum absolute atomic E-state index is 0.0636. The molecule has 0 saturated carbocycles. The smallest absolute Gasteiger partial charge is 0.523 e.